The number of nitrogens with zero attached hydrogens (tertiary/aromatic N) is 2. The van der Waals surface area contributed by atoms with E-state index in [0.29, 0.717) is 19.4 Å². The van der Waals surface area contributed by atoms with E-state index in [1.807, 2.05) is 29.6 Å². The van der Waals surface area contributed by atoms with Crippen LogP contribution in [0, 0.1) is 0 Å². The normalized spacial score (nSPS) is 17.1. The molecule has 6 heteroatoms. The van der Waals surface area contributed by atoms with Crippen molar-refractivity contribution in [2.45, 2.75) is 25.3 Å². The fourth-order valence-corrected chi connectivity index (χ4v) is 3.36. The van der Waals surface area contributed by atoms with Crippen LogP contribution in [-0.4, -0.2) is 33.4 Å². The molecule has 114 valence electrons. The molecule has 1 aromatic carbocycles. The molecule has 2 aromatic rings. The number of carbonyl (C=O) groups excluding carboxylic acids is 1. The number of aryl methyl sites for hydroxylation is 1. The lowest BCUT2D eigenvalue weighted by atomic mass is 9.89. The monoisotopic (exact) mass is 316 g/mol. The lowest BCUT2D eigenvalue weighted by molar-refractivity contribution is -0.141. The Hall–Kier alpha value is -2.21. The first-order chi connectivity index (χ1) is 10.6. The summed E-state index contributed by atoms with van der Waals surface area (Å²) >= 11 is 1.51. The quantitative estimate of drug-likeness (QED) is 0.939. The third kappa shape index (κ3) is 3.01. The molecule has 0 spiro atoms. The number of carboxylic acid groups (broad SMARTS) is 1. The van der Waals surface area contributed by atoms with Gasteiger partial charge in [-0.15, -0.1) is 11.3 Å². The molecular formula is C16H16N2O3S. The number of carboxylic acids is 1. The maximum Gasteiger partial charge on any atom is 0.312 e. The van der Waals surface area contributed by atoms with Gasteiger partial charge in [0.05, 0.1) is 17.1 Å². The van der Waals surface area contributed by atoms with Crippen molar-refractivity contribution in [3.8, 4) is 0 Å². The zero-order chi connectivity index (χ0) is 15.5. The van der Waals surface area contributed by atoms with Crippen molar-refractivity contribution in [2.24, 2.45) is 0 Å². The zero-order valence-electron chi connectivity index (χ0n) is 11.9. The van der Waals surface area contributed by atoms with Crippen molar-refractivity contribution < 1.29 is 14.7 Å². The Morgan fingerprint density at radius 2 is 2.18 bits per heavy atom. The van der Waals surface area contributed by atoms with Gasteiger partial charge in [0.25, 0.3) is 0 Å². The van der Waals surface area contributed by atoms with Crippen molar-refractivity contribution in [3.05, 3.63) is 52.0 Å². The number of thiazole rings is 1. The summed E-state index contributed by atoms with van der Waals surface area (Å²) in [4.78, 5) is 29.7. The highest BCUT2D eigenvalue weighted by Crippen LogP contribution is 2.28. The molecule has 5 nitrogen and oxygen atoms in total. The summed E-state index contributed by atoms with van der Waals surface area (Å²) in [7, 11) is 0. The fraction of sp³-hybridized carbons (Fsp3) is 0.312. The Morgan fingerprint density at radius 1 is 1.36 bits per heavy atom. The summed E-state index contributed by atoms with van der Waals surface area (Å²) in [6.45, 7) is 0.720. The predicted octanol–water partition coefficient (Wildman–Crippen LogP) is 2.29. The average Bonchev–Trinajstić information content (AvgIpc) is 3.04. The fourth-order valence-electron chi connectivity index (χ4n) is 2.76. The van der Waals surface area contributed by atoms with Crippen LogP contribution in [0.1, 0.15) is 29.2 Å². The topological polar surface area (TPSA) is 70.5 Å². The maximum absolute atomic E-state index is 12.4. The number of benzene rings is 1. The van der Waals surface area contributed by atoms with Gasteiger partial charge in [0.1, 0.15) is 0 Å². The van der Waals surface area contributed by atoms with E-state index in [9.17, 15) is 14.7 Å². The molecule has 1 aliphatic heterocycles. The third-order valence-corrected chi connectivity index (χ3v) is 4.56. The highest BCUT2D eigenvalue weighted by Gasteiger charge is 2.32. The van der Waals surface area contributed by atoms with Crippen molar-refractivity contribution in [1.82, 2.24) is 9.88 Å². The molecule has 0 aliphatic carbocycles. The van der Waals surface area contributed by atoms with Crippen LogP contribution in [0.5, 0.6) is 0 Å². The van der Waals surface area contributed by atoms with Crippen LogP contribution in [0.15, 0.2) is 35.2 Å². The largest absolute Gasteiger partial charge is 0.481 e. The van der Waals surface area contributed by atoms with Gasteiger partial charge in [-0.05, 0) is 17.5 Å². The Labute approximate surface area is 132 Å². The first-order valence-corrected chi connectivity index (χ1v) is 8.05. The third-order valence-electron chi connectivity index (χ3n) is 3.92. The van der Waals surface area contributed by atoms with Crippen LogP contribution in [0.4, 0.5) is 0 Å². The number of hydrogen-bond donors (Lipinski definition) is 1. The van der Waals surface area contributed by atoms with Gasteiger partial charge >= 0.3 is 5.97 Å². The van der Waals surface area contributed by atoms with E-state index in [-0.39, 0.29) is 12.5 Å². The minimum atomic E-state index is -0.885. The van der Waals surface area contributed by atoms with Crippen LogP contribution >= 0.6 is 11.3 Å². The van der Waals surface area contributed by atoms with E-state index >= 15 is 0 Å². The number of fused-ring (bicyclic) bond motifs is 1. The zero-order valence-corrected chi connectivity index (χ0v) is 12.8. The van der Waals surface area contributed by atoms with E-state index in [1.165, 1.54) is 11.3 Å². The molecule has 3 rings (SSSR count). The highest BCUT2D eigenvalue weighted by atomic mass is 32.1. The highest BCUT2D eigenvalue weighted by molar-refractivity contribution is 7.07. The molecule has 2 heterocycles. The second kappa shape index (κ2) is 6.27. The van der Waals surface area contributed by atoms with Gasteiger partial charge in [0, 0.05) is 24.9 Å². The summed E-state index contributed by atoms with van der Waals surface area (Å²) in [5.74, 6) is -1.55. The first kappa shape index (κ1) is 14.7. The second-order valence-corrected chi connectivity index (χ2v) is 6.06. The molecule has 0 bridgehead atoms. The van der Waals surface area contributed by atoms with Crippen molar-refractivity contribution in [2.75, 3.05) is 6.54 Å². The number of rotatable bonds is 4. The molecule has 0 radical (unpaired) electrons. The average molecular weight is 316 g/mol. The van der Waals surface area contributed by atoms with E-state index in [1.54, 1.807) is 10.4 Å². The summed E-state index contributed by atoms with van der Waals surface area (Å²) in [5.41, 5.74) is 4.39. The van der Waals surface area contributed by atoms with Gasteiger partial charge in [-0.3, -0.25) is 9.59 Å². The van der Waals surface area contributed by atoms with E-state index in [4.69, 9.17) is 0 Å². The molecule has 1 aromatic heterocycles. The van der Waals surface area contributed by atoms with Gasteiger partial charge < -0.3 is 10.0 Å². The Kier molecular flexibility index (Phi) is 4.20. The van der Waals surface area contributed by atoms with Crippen molar-refractivity contribution in [3.63, 3.8) is 0 Å². The molecule has 0 saturated heterocycles. The van der Waals surface area contributed by atoms with Crippen LogP contribution in [0.2, 0.25) is 0 Å². The lowest BCUT2D eigenvalue weighted by Gasteiger charge is -2.32. The summed E-state index contributed by atoms with van der Waals surface area (Å²) in [6.07, 6.45) is 0.955. The number of aromatic nitrogens is 1. The molecule has 1 N–H and O–H groups in total. The maximum atomic E-state index is 12.4. The molecule has 22 heavy (non-hydrogen) atoms. The van der Waals surface area contributed by atoms with Gasteiger partial charge in [0.2, 0.25) is 5.91 Å². The summed E-state index contributed by atoms with van der Waals surface area (Å²) in [5, 5.41) is 11.3. The van der Waals surface area contributed by atoms with Crippen LogP contribution < -0.4 is 0 Å². The van der Waals surface area contributed by atoms with Gasteiger partial charge in [0.15, 0.2) is 0 Å². The number of hydrogen-bond acceptors (Lipinski definition) is 4. The lowest BCUT2D eigenvalue weighted by Crippen LogP contribution is -2.40. The number of carbonyl (C=O) groups is 2. The van der Waals surface area contributed by atoms with Gasteiger partial charge in [-0.25, -0.2) is 4.98 Å². The minimum Gasteiger partial charge on any atom is -0.481 e. The van der Waals surface area contributed by atoms with E-state index in [2.05, 4.69) is 4.98 Å². The Balaban J connectivity index is 1.73. The molecule has 1 atom stereocenters. The Bertz CT molecular complexity index is 684. The second-order valence-electron chi connectivity index (χ2n) is 5.34. The number of amides is 1. The first-order valence-electron chi connectivity index (χ1n) is 7.10. The molecule has 1 amide bonds. The van der Waals surface area contributed by atoms with Crippen molar-refractivity contribution >= 4 is 23.2 Å². The molecular weight excluding hydrogens is 300 g/mol. The predicted molar refractivity (Wildman–Crippen MR) is 82.7 cm³/mol. The Morgan fingerprint density at radius 3 is 2.91 bits per heavy atom. The van der Waals surface area contributed by atoms with E-state index in [0.717, 1.165) is 16.8 Å². The van der Waals surface area contributed by atoms with Crippen molar-refractivity contribution in [1.29, 1.82) is 0 Å². The van der Waals surface area contributed by atoms with E-state index < -0.39 is 11.9 Å². The minimum absolute atomic E-state index is 0.0197. The van der Waals surface area contributed by atoms with Crippen LogP contribution in [0.25, 0.3) is 0 Å². The van der Waals surface area contributed by atoms with Gasteiger partial charge in [-0.1, -0.05) is 24.3 Å². The number of aliphatic carboxylic acids is 1. The molecule has 0 fully saturated rings. The van der Waals surface area contributed by atoms with Gasteiger partial charge in [-0.2, -0.15) is 0 Å². The summed E-state index contributed by atoms with van der Waals surface area (Å²) in [6, 6.07) is 7.45. The smallest absolute Gasteiger partial charge is 0.312 e. The molecule has 1 aliphatic rings. The van der Waals surface area contributed by atoms with Crippen LogP contribution in [-0.2, 0) is 22.6 Å². The summed E-state index contributed by atoms with van der Waals surface area (Å²) < 4.78 is 0. The molecule has 1 unspecified atom stereocenters. The molecule has 0 saturated carbocycles. The standard InChI is InChI=1S/C16H16N2O3S/c19-15(6-5-12-9-22-10-17-12)18-7-11-3-1-2-4-13(11)14(8-18)16(20)21/h1-4,9-10,14H,5-8H2,(H,20,21). The SMILES string of the molecule is O=C(O)C1CN(C(=O)CCc2cscn2)Cc2ccccc21. The van der Waals surface area contributed by atoms with Crippen LogP contribution in [0.3, 0.4) is 0 Å².